The van der Waals surface area contributed by atoms with Gasteiger partial charge in [0.05, 0.1) is 19.8 Å². The molecule has 1 saturated heterocycles. The summed E-state index contributed by atoms with van der Waals surface area (Å²) in [5, 5.41) is 0. The molecule has 1 aliphatic rings. The Kier molecular flexibility index (Phi) is 4.40. The highest BCUT2D eigenvalue weighted by molar-refractivity contribution is 5.35. The summed E-state index contributed by atoms with van der Waals surface area (Å²) in [5.74, 6) is 0.901. The van der Waals surface area contributed by atoms with Gasteiger partial charge in [-0.15, -0.1) is 0 Å². The average molecular weight is 236 g/mol. The highest BCUT2D eigenvalue weighted by atomic mass is 16.7. The molecule has 2 rings (SSSR count). The SMILES string of the molecule is CCCCOc1ccc(C)c(C2OCCO2)c1. The third-order valence-electron chi connectivity index (χ3n) is 2.89. The fourth-order valence-corrected chi connectivity index (χ4v) is 1.83. The van der Waals surface area contributed by atoms with Crippen molar-refractivity contribution in [3.8, 4) is 5.75 Å². The van der Waals surface area contributed by atoms with Gasteiger partial charge < -0.3 is 14.2 Å². The number of hydrogen-bond donors (Lipinski definition) is 0. The lowest BCUT2D eigenvalue weighted by Gasteiger charge is -2.14. The molecule has 0 amide bonds. The molecule has 0 saturated carbocycles. The maximum atomic E-state index is 5.69. The number of unbranched alkanes of at least 4 members (excludes halogenated alkanes) is 1. The number of ether oxygens (including phenoxy) is 3. The van der Waals surface area contributed by atoms with Gasteiger partial charge in [-0.05, 0) is 31.0 Å². The predicted octanol–water partition coefficient (Wildman–Crippen LogP) is 3.22. The first-order valence-electron chi connectivity index (χ1n) is 6.28. The van der Waals surface area contributed by atoms with E-state index in [0.29, 0.717) is 13.2 Å². The first kappa shape index (κ1) is 12.4. The van der Waals surface area contributed by atoms with Crippen LogP contribution in [0.4, 0.5) is 0 Å². The summed E-state index contributed by atoms with van der Waals surface area (Å²) in [5.41, 5.74) is 2.26. The fourth-order valence-electron chi connectivity index (χ4n) is 1.83. The first-order chi connectivity index (χ1) is 8.31. The van der Waals surface area contributed by atoms with Gasteiger partial charge >= 0.3 is 0 Å². The minimum Gasteiger partial charge on any atom is -0.494 e. The Balaban J connectivity index is 2.06. The minimum atomic E-state index is -0.218. The standard InChI is InChI=1S/C14H20O3/c1-3-4-7-15-12-6-5-11(2)13(10-12)14-16-8-9-17-14/h5-6,10,14H,3-4,7-9H2,1-2H3. The van der Waals surface area contributed by atoms with Crippen LogP contribution in [0.1, 0.15) is 37.2 Å². The van der Waals surface area contributed by atoms with E-state index in [-0.39, 0.29) is 6.29 Å². The lowest BCUT2D eigenvalue weighted by molar-refractivity contribution is -0.0446. The Morgan fingerprint density at radius 1 is 1.29 bits per heavy atom. The maximum absolute atomic E-state index is 5.69. The van der Waals surface area contributed by atoms with E-state index in [0.717, 1.165) is 30.8 Å². The molecule has 94 valence electrons. The molecule has 1 fully saturated rings. The zero-order valence-corrected chi connectivity index (χ0v) is 10.6. The van der Waals surface area contributed by atoms with Crippen molar-refractivity contribution in [2.24, 2.45) is 0 Å². The Morgan fingerprint density at radius 2 is 2.06 bits per heavy atom. The highest BCUT2D eigenvalue weighted by Crippen LogP contribution is 2.29. The zero-order valence-electron chi connectivity index (χ0n) is 10.6. The molecule has 1 aromatic rings. The van der Waals surface area contributed by atoms with Gasteiger partial charge in [-0.25, -0.2) is 0 Å². The van der Waals surface area contributed by atoms with Gasteiger partial charge in [-0.3, -0.25) is 0 Å². The van der Waals surface area contributed by atoms with Crippen LogP contribution >= 0.6 is 0 Å². The smallest absolute Gasteiger partial charge is 0.184 e. The van der Waals surface area contributed by atoms with Crippen LogP contribution in [0.15, 0.2) is 18.2 Å². The monoisotopic (exact) mass is 236 g/mol. The van der Waals surface area contributed by atoms with Crippen molar-refractivity contribution in [1.29, 1.82) is 0 Å². The van der Waals surface area contributed by atoms with E-state index in [1.807, 2.05) is 12.1 Å². The van der Waals surface area contributed by atoms with Crippen molar-refractivity contribution in [3.63, 3.8) is 0 Å². The van der Waals surface area contributed by atoms with Crippen LogP contribution in [0.2, 0.25) is 0 Å². The van der Waals surface area contributed by atoms with Crippen LogP contribution in [0.3, 0.4) is 0 Å². The predicted molar refractivity (Wildman–Crippen MR) is 66.2 cm³/mol. The molecule has 0 unspecified atom stereocenters. The summed E-state index contributed by atoms with van der Waals surface area (Å²) in [4.78, 5) is 0. The molecule has 1 heterocycles. The van der Waals surface area contributed by atoms with E-state index in [1.165, 1.54) is 5.56 Å². The topological polar surface area (TPSA) is 27.7 Å². The van der Waals surface area contributed by atoms with Crippen molar-refractivity contribution < 1.29 is 14.2 Å². The van der Waals surface area contributed by atoms with Crippen LogP contribution < -0.4 is 4.74 Å². The summed E-state index contributed by atoms with van der Waals surface area (Å²) >= 11 is 0. The Hall–Kier alpha value is -1.06. The third-order valence-corrected chi connectivity index (χ3v) is 2.89. The van der Waals surface area contributed by atoms with Crippen molar-refractivity contribution in [2.45, 2.75) is 33.0 Å². The molecule has 3 heteroatoms. The third kappa shape index (κ3) is 3.20. The van der Waals surface area contributed by atoms with E-state index in [9.17, 15) is 0 Å². The number of benzene rings is 1. The number of rotatable bonds is 5. The summed E-state index contributed by atoms with van der Waals surface area (Å²) in [6.07, 6.45) is 2.01. The molecule has 0 radical (unpaired) electrons. The molecule has 3 nitrogen and oxygen atoms in total. The second kappa shape index (κ2) is 6.03. The summed E-state index contributed by atoms with van der Waals surface area (Å²) in [6.45, 7) is 6.34. The molecule has 0 aromatic heterocycles. The van der Waals surface area contributed by atoms with E-state index in [4.69, 9.17) is 14.2 Å². The average Bonchev–Trinajstić information content (AvgIpc) is 2.85. The molecule has 0 bridgehead atoms. The zero-order chi connectivity index (χ0) is 12.1. The first-order valence-corrected chi connectivity index (χ1v) is 6.28. The largest absolute Gasteiger partial charge is 0.494 e. The second-order valence-corrected chi connectivity index (χ2v) is 4.29. The van der Waals surface area contributed by atoms with Crippen LogP contribution in [0, 0.1) is 6.92 Å². The van der Waals surface area contributed by atoms with Gasteiger partial charge in [0, 0.05) is 5.56 Å². The molecule has 0 atom stereocenters. The van der Waals surface area contributed by atoms with Crippen molar-refractivity contribution in [1.82, 2.24) is 0 Å². The molecule has 1 aromatic carbocycles. The Bertz CT molecular complexity index is 356. The summed E-state index contributed by atoms with van der Waals surface area (Å²) in [6, 6.07) is 6.09. The summed E-state index contributed by atoms with van der Waals surface area (Å²) in [7, 11) is 0. The molecule has 0 aliphatic carbocycles. The number of aryl methyl sites for hydroxylation is 1. The van der Waals surface area contributed by atoms with Crippen LogP contribution in [-0.4, -0.2) is 19.8 Å². The van der Waals surface area contributed by atoms with E-state index < -0.39 is 0 Å². The summed E-state index contributed by atoms with van der Waals surface area (Å²) < 4.78 is 16.7. The van der Waals surface area contributed by atoms with E-state index in [1.54, 1.807) is 0 Å². The lowest BCUT2D eigenvalue weighted by Crippen LogP contribution is -2.03. The Morgan fingerprint density at radius 3 is 2.76 bits per heavy atom. The van der Waals surface area contributed by atoms with Crippen LogP contribution in [-0.2, 0) is 9.47 Å². The highest BCUT2D eigenvalue weighted by Gasteiger charge is 2.20. The van der Waals surface area contributed by atoms with Gasteiger partial charge in [0.1, 0.15) is 5.75 Å². The van der Waals surface area contributed by atoms with Crippen LogP contribution in [0.5, 0.6) is 5.75 Å². The van der Waals surface area contributed by atoms with Gasteiger partial charge in [-0.2, -0.15) is 0 Å². The van der Waals surface area contributed by atoms with Gasteiger partial charge in [0.15, 0.2) is 6.29 Å². The van der Waals surface area contributed by atoms with Crippen LogP contribution in [0.25, 0.3) is 0 Å². The molecule has 0 N–H and O–H groups in total. The van der Waals surface area contributed by atoms with Crippen molar-refractivity contribution in [3.05, 3.63) is 29.3 Å². The minimum absolute atomic E-state index is 0.218. The van der Waals surface area contributed by atoms with Gasteiger partial charge in [0.25, 0.3) is 0 Å². The second-order valence-electron chi connectivity index (χ2n) is 4.29. The molecule has 17 heavy (non-hydrogen) atoms. The molecular formula is C14H20O3. The normalized spacial score (nSPS) is 16.4. The van der Waals surface area contributed by atoms with Crippen molar-refractivity contribution >= 4 is 0 Å². The van der Waals surface area contributed by atoms with E-state index >= 15 is 0 Å². The Labute approximate surface area is 103 Å². The van der Waals surface area contributed by atoms with E-state index in [2.05, 4.69) is 19.9 Å². The number of hydrogen-bond acceptors (Lipinski definition) is 3. The lowest BCUT2D eigenvalue weighted by atomic mass is 10.1. The molecular weight excluding hydrogens is 216 g/mol. The van der Waals surface area contributed by atoms with Gasteiger partial charge in [-0.1, -0.05) is 19.4 Å². The fraction of sp³-hybridized carbons (Fsp3) is 0.571. The molecule has 1 aliphatic heterocycles. The van der Waals surface area contributed by atoms with Crippen molar-refractivity contribution in [2.75, 3.05) is 19.8 Å². The maximum Gasteiger partial charge on any atom is 0.184 e. The quantitative estimate of drug-likeness (QED) is 0.735. The molecule has 0 spiro atoms. The van der Waals surface area contributed by atoms with Gasteiger partial charge in [0.2, 0.25) is 0 Å².